The van der Waals surface area contributed by atoms with Crippen molar-refractivity contribution in [2.24, 2.45) is 0 Å². The largest absolute Gasteiger partial charge is 0.363 e. The van der Waals surface area contributed by atoms with Crippen LogP contribution >= 0.6 is 7.60 Å². The summed E-state index contributed by atoms with van der Waals surface area (Å²) >= 11 is 0. The van der Waals surface area contributed by atoms with Crippen molar-refractivity contribution in [1.82, 2.24) is 19.5 Å². The van der Waals surface area contributed by atoms with E-state index >= 15 is 0 Å². The Balaban J connectivity index is 1.43. The second-order valence-corrected chi connectivity index (χ2v) is 10.6. The zero-order valence-electron chi connectivity index (χ0n) is 20.2. The van der Waals surface area contributed by atoms with Crippen LogP contribution in [0.3, 0.4) is 0 Å². The van der Waals surface area contributed by atoms with E-state index in [9.17, 15) is 9.36 Å². The third kappa shape index (κ3) is 6.31. The van der Waals surface area contributed by atoms with Crippen molar-refractivity contribution in [2.75, 3.05) is 18.3 Å². The summed E-state index contributed by atoms with van der Waals surface area (Å²) in [4.78, 5) is 25.5. The number of nitrogens with one attached hydrogen (secondary N) is 1. The molecule has 35 heavy (non-hydrogen) atoms. The number of carbonyl (C=O) groups excluding carboxylic acids is 1. The van der Waals surface area contributed by atoms with Crippen molar-refractivity contribution in [3.8, 4) is 0 Å². The van der Waals surface area contributed by atoms with Gasteiger partial charge in [-0.05, 0) is 39.8 Å². The summed E-state index contributed by atoms with van der Waals surface area (Å²) in [7, 11) is -3.41. The Bertz CT molecular complexity index is 1190. The van der Waals surface area contributed by atoms with E-state index in [1.165, 1.54) is 6.33 Å². The van der Waals surface area contributed by atoms with E-state index in [0.29, 0.717) is 35.6 Å². The molecule has 1 aromatic carbocycles. The molecular weight excluding hydrogens is 473 g/mol. The fourth-order valence-corrected chi connectivity index (χ4v) is 5.59. The number of hydrogen-bond donors (Lipinski definition) is 1. The maximum Gasteiger partial charge on any atom is 0.356 e. The van der Waals surface area contributed by atoms with Crippen LogP contribution in [0.2, 0.25) is 0 Å². The van der Waals surface area contributed by atoms with Crippen LogP contribution in [0.25, 0.3) is 11.2 Å². The van der Waals surface area contributed by atoms with Gasteiger partial charge in [0.05, 0.1) is 31.2 Å². The molecule has 0 radical (unpaired) electrons. The van der Waals surface area contributed by atoms with Crippen LogP contribution in [-0.4, -0.2) is 56.7 Å². The zero-order chi connectivity index (χ0) is 25.0. The minimum absolute atomic E-state index is 0.160. The van der Waals surface area contributed by atoms with Gasteiger partial charge in [0, 0.05) is 12.0 Å². The predicted octanol–water partition coefficient (Wildman–Crippen LogP) is 4.38. The molecule has 4 rings (SSSR count). The highest BCUT2D eigenvalue weighted by Gasteiger charge is 2.34. The maximum atomic E-state index is 13.0. The van der Waals surface area contributed by atoms with E-state index in [1.807, 2.05) is 6.07 Å². The molecule has 1 fully saturated rings. The highest BCUT2D eigenvalue weighted by molar-refractivity contribution is 7.53. The number of aromatic nitrogens is 4. The van der Waals surface area contributed by atoms with Crippen molar-refractivity contribution in [2.45, 2.75) is 58.7 Å². The maximum absolute atomic E-state index is 13.0. The van der Waals surface area contributed by atoms with Gasteiger partial charge in [-0.3, -0.25) is 13.9 Å². The van der Waals surface area contributed by atoms with Crippen LogP contribution in [0.4, 0.5) is 5.82 Å². The second-order valence-electron chi connectivity index (χ2n) is 8.73. The summed E-state index contributed by atoms with van der Waals surface area (Å²) in [5, 5.41) is 2.79. The smallest absolute Gasteiger partial charge is 0.356 e. The Morgan fingerprint density at radius 2 is 1.86 bits per heavy atom. The lowest BCUT2D eigenvalue weighted by Crippen LogP contribution is -2.18. The number of nitrogens with zero attached hydrogens (tertiary/aromatic N) is 4. The van der Waals surface area contributed by atoms with E-state index < -0.39 is 13.8 Å². The van der Waals surface area contributed by atoms with Crippen molar-refractivity contribution in [1.29, 1.82) is 0 Å². The summed E-state index contributed by atoms with van der Waals surface area (Å²) in [5.41, 5.74) is 1.48. The van der Waals surface area contributed by atoms with Crippen molar-refractivity contribution >= 4 is 30.5 Å². The van der Waals surface area contributed by atoms with Gasteiger partial charge in [0.2, 0.25) is 0 Å². The summed E-state index contributed by atoms with van der Waals surface area (Å²) < 4.78 is 37.7. The number of benzene rings is 1. The molecule has 0 unspecified atom stereocenters. The van der Waals surface area contributed by atoms with Gasteiger partial charge in [0.15, 0.2) is 17.0 Å². The second kappa shape index (κ2) is 10.9. The molecule has 11 nitrogen and oxygen atoms in total. The normalized spacial score (nSPS) is 18.6. The Morgan fingerprint density at radius 3 is 2.54 bits per heavy atom. The van der Waals surface area contributed by atoms with Crippen LogP contribution in [-0.2, 0) is 23.1 Å². The van der Waals surface area contributed by atoms with Gasteiger partial charge < -0.3 is 23.8 Å². The molecule has 2 atom stereocenters. The molecule has 1 saturated heterocycles. The lowest BCUT2D eigenvalue weighted by atomic mass is 10.2. The van der Waals surface area contributed by atoms with Crippen molar-refractivity contribution in [3.63, 3.8) is 0 Å². The van der Waals surface area contributed by atoms with Gasteiger partial charge in [0.25, 0.3) is 5.91 Å². The number of ether oxygens (including phenoxy) is 2. The minimum Gasteiger partial charge on any atom is -0.363 e. The fraction of sp³-hybridized carbons (Fsp3) is 0.478. The van der Waals surface area contributed by atoms with Crippen LogP contribution in [0, 0.1) is 0 Å². The number of carbonyl (C=O) groups is 1. The average Bonchev–Trinajstić information content (AvgIpc) is 3.45. The molecule has 2 aromatic heterocycles. The molecule has 188 valence electrons. The number of anilines is 1. The van der Waals surface area contributed by atoms with Gasteiger partial charge in [-0.25, -0.2) is 15.0 Å². The molecule has 0 saturated carbocycles. The monoisotopic (exact) mass is 503 g/mol. The molecule has 1 aliphatic rings. The van der Waals surface area contributed by atoms with Crippen LogP contribution in [0.5, 0.6) is 0 Å². The first-order valence-corrected chi connectivity index (χ1v) is 13.2. The molecule has 3 heterocycles. The van der Waals surface area contributed by atoms with Gasteiger partial charge in [-0.15, -0.1) is 0 Å². The number of imidazole rings is 1. The Kier molecular flexibility index (Phi) is 7.93. The number of hydrogen-bond acceptors (Lipinski definition) is 9. The number of rotatable bonds is 10. The van der Waals surface area contributed by atoms with E-state index in [2.05, 4.69) is 20.3 Å². The van der Waals surface area contributed by atoms with Gasteiger partial charge in [-0.1, -0.05) is 18.2 Å². The van der Waals surface area contributed by atoms with Gasteiger partial charge >= 0.3 is 7.60 Å². The molecule has 12 heteroatoms. The number of amides is 1. The Labute approximate surface area is 203 Å². The first kappa shape index (κ1) is 25.4. The molecule has 1 N–H and O–H groups in total. The van der Waals surface area contributed by atoms with Crippen molar-refractivity contribution < 1.29 is 27.9 Å². The molecule has 1 amide bonds. The summed E-state index contributed by atoms with van der Waals surface area (Å²) in [5.74, 6) is 0.0217. The lowest BCUT2D eigenvalue weighted by Gasteiger charge is -2.23. The van der Waals surface area contributed by atoms with E-state index in [0.717, 1.165) is 0 Å². The highest BCUT2D eigenvalue weighted by atomic mass is 31.2. The van der Waals surface area contributed by atoms with E-state index in [4.69, 9.17) is 18.5 Å². The molecule has 3 aromatic rings. The van der Waals surface area contributed by atoms with E-state index in [1.54, 1.807) is 62.9 Å². The van der Waals surface area contributed by atoms with Crippen LogP contribution in [0.15, 0.2) is 43.0 Å². The Morgan fingerprint density at radius 1 is 1.14 bits per heavy atom. The fourth-order valence-electron chi connectivity index (χ4n) is 3.74. The predicted molar refractivity (Wildman–Crippen MR) is 129 cm³/mol. The first-order valence-electron chi connectivity index (χ1n) is 11.5. The van der Waals surface area contributed by atoms with Crippen LogP contribution in [0.1, 0.15) is 50.7 Å². The lowest BCUT2D eigenvalue weighted by molar-refractivity contribution is 0.0300. The summed E-state index contributed by atoms with van der Waals surface area (Å²) in [6.07, 6.45) is 2.07. The standard InChI is InChI=1S/C23H30N5O6P/c1-15(2)33-35(30,34-16(3)4)14-32-18-10-19(31-11-18)28-13-26-20-21(24-12-25-22(20)28)27-23(29)17-8-6-5-7-9-17/h5-9,12-13,15-16,18-19H,10-11,14H2,1-4H3,(H,24,25,27,29)/t18-,19-/m1/s1. The first-order chi connectivity index (χ1) is 16.7. The highest BCUT2D eigenvalue weighted by Crippen LogP contribution is 2.51. The molecular formula is C23H30N5O6P. The molecule has 0 aliphatic carbocycles. The minimum atomic E-state index is -3.41. The Hall–Kier alpha value is -2.69. The third-order valence-corrected chi connectivity index (χ3v) is 7.04. The van der Waals surface area contributed by atoms with Gasteiger partial charge in [0.1, 0.15) is 18.9 Å². The quantitative estimate of drug-likeness (QED) is 0.401. The van der Waals surface area contributed by atoms with Crippen LogP contribution < -0.4 is 5.32 Å². The molecule has 0 bridgehead atoms. The summed E-state index contributed by atoms with van der Waals surface area (Å²) in [6, 6.07) is 8.86. The third-order valence-electron chi connectivity index (χ3n) is 5.09. The zero-order valence-corrected chi connectivity index (χ0v) is 21.1. The molecule has 1 aliphatic heterocycles. The molecule has 0 spiro atoms. The van der Waals surface area contributed by atoms with Crippen molar-refractivity contribution in [3.05, 3.63) is 48.5 Å². The van der Waals surface area contributed by atoms with Gasteiger partial charge in [-0.2, -0.15) is 0 Å². The topological polar surface area (TPSA) is 127 Å². The SMILES string of the molecule is CC(C)OP(=O)(CO[C@H]1CO[C@@H](n2cnc3c(NC(=O)c4ccccc4)ncnc32)C1)OC(C)C. The number of fused-ring (bicyclic) bond motifs is 1. The summed E-state index contributed by atoms with van der Waals surface area (Å²) in [6.45, 7) is 7.50. The van der Waals surface area contributed by atoms with E-state index in [-0.39, 0.29) is 30.6 Å². The average molecular weight is 503 g/mol.